The van der Waals surface area contributed by atoms with Crippen LogP contribution in [0.5, 0.6) is 0 Å². The fraction of sp³-hybridized carbons (Fsp3) is 0. The van der Waals surface area contributed by atoms with Crippen molar-refractivity contribution in [1.82, 2.24) is 15.0 Å². The first-order chi connectivity index (χ1) is 9.24. The van der Waals surface area contributed by atoms with Crippen molar-refractivity contribution in [2.45, 2.75) is 9.79 Å². The van der Waals surface area contributed by atoms with Gasteiger partial charge in [0.2, 0.25) is 0 Å². The number of fused-ring (bicyclic) bond motifs is 1. The topological polar surface area (TPSA) is 78.6 Å². The van der Waals surface area contributed by atoms with Crippen LogP contribution in [0.2, 0.25) is 0 Å². The van der Waals surface area contributed by atoms with E-state index in [-0.39, 0.29) is 0 Å². The molecule has 0 amide bonds. The molecular formula is C13H9N3O2S. The number of aromatic nitrogens is 3. The van der Waals surface area contributed by atoms with Gasteiger partial charge < -0.3 is 4.98 Å². The molecule has 0 radical (unpaired) electrons. The quantitative estimate of drug-likeness (QED) is 0.744. The summed E-state index contributed by atoms with van der Waals surface area (Å²) in [7, 11) is 0. The van der Waals surface area contributed by atoms with Crippen LogP contribution in [0.3, 0.4) is 0 Å². The molecule has 19 heavy (non-hydrogen) atoms. The van der Waals surface area contributed by atoms with Crippen LogP contribution in [0.1, 0.15) is 0 Å². The van der Waals surface area contributed by atoms with Gasteiger partial charge in [0, 0.05) is 22.7 Å². The minimum atomic E-state index is -0.509. The second-order valence-electron chi connectivity index (χ2n) is 3.87. The standard InChI is InChI=1S/C13H9N3O2S/c17-12-10(7-15-13(18)16-12)19-9-5-1-3-8-4-2-6-14-11(8)9/h1-7H,(H2,15,16,17,18). The van der Waals surface area contributed by atoms with Gasteiger partial charge in [-0.15, -0.1) is 0 Å². The Bertz CT molecular complexity index is 849. The lowest BCUT2D eigenvalue weighted by molar-refractivity contribution is 0.976. The Morgan fingerprint density at radius 1 is 1.05 bits per heavy atom. The molecule has 0 aliphatic heterocycles. The Balaban J connectivity index is 2.11. The van der Waals surface area contributed by atoms with Gasteiger partial charge in [-0.2, -0.15) is 0 Å². The molecule has 0 saturated heterocycles. The number of benzene rings is 1. The second-order valence-corrected chi connectivity index (χ2v) is 4.95. The van der Waals surface area contributed by atoms with Crippen LogP contribution < -0.4 is 11.2 Å². The Kier molecular flexibility index (Phi) is 2.92. The first-order valence-electron chi connectivity index (χ1n) is 5.58. The number of rotatable bonds is 2. The molecule has 94 valence electrons. The Morgan fingerprint density at radius 2 is 1.89 bits per heavy atom. The molecular weight excluding hydrogens is 262 g/mol. The van der Waals surface area contributed by atoms with Crippen molar-refractivity contribution in [1.29, 1.82) is 0 Å². The van der Waals surface area contributed by atoms with Crippen LogP contribution in [0.15, 0.2) is 62.1 Å². The molecule has 0 bridgehead atoms. The third kappa shape index (κ3) is 2.30. The van der Waals surface area contributed by atoms with E-state index in [0.29, 0.717) is 4.90 Å². The van der Waals surface area contributed by atoms with E-state index < -0.39 is 11.2 Å². The molecule has 0 aliphatic carbocycles. The number of hydrogen-bond donors (Lipinski definition) is 2. The summed E-state index contributed by atoms with van der Waals surface area (Å²) >= 11 is 1.28. The Morgan fingerprint density at radius 3 is 2.74 bits per heavy atom. The van der Waals surface area contributed by atoms with E-state index in [1.807, 2.05) is 30.3 Å². The van der Waals surface area contributed by atoms with Gasteiger partial charge in [0.1, 0.15) is 0 Å². The highest BCUT2D eigenvalue weighted by molar-refractivity contribution is 7.99. The van der Waals surface area contributed by atoms with Crippen LogP contribution >= 0.6 is 11.8 Å². The smallest absolute Gasteiger partial charge is 0.313 e. The molecule has 3 aromatic rings. The molecule has 0 saturated carbocycles. The summed E-state index contributed by atoms with van der Waals surface area (Å²) in [6.45, 7) is 0. The number of hydrogen-bond acceptors (Lipinski definition) is 4. The van der Waals surface area contributed by atoms with Crippen LogP contribution in [0.4, 0.5) is 0 Å². The Hall–Kier alpha value is -2.34. The second kappa shape index (κ2) is 4.74. The summed E-state index contributed by atoms with van der Waals surface area (Å²) in [5.41, 5.74) is -0.0762. The van der Waals surface area contributed by atoms with Crippen molar-refractivity contribution in [2.75, 3.05) is 0 Å². The van der Waals surface area contributed by atoms with E-state index in [1.54, 1.807) is 6.20 Å². The molecule has 3 rings (SSSR count). The lowest BCUT2D eigenvalue weighted by Crippen LogP contribution is -2.22. The van der Waals surface area contributed by atoms with Crippen molar-refractivity contribution in [3.63, 3.8) is 0 Å². The molecule has 0 unspecified atom stereocenters. The largest absolute Gasteiger partial charge is 0.325 e. The summed E-state index contributed by atoms with van der Waals surface area (Å²) in [5.74, 6) is 0. The lowest BCUT2D eigenvalue weighted by Gasteiger charge is -2.04. The first-order valence-corrected chi connectivity index (χ1v) is 6.39. The van der Waals surface area contributed by atoms with E-state index in [1.165, 1.54) is 18.0 Å². The van der Waals surface area contributed by atoms with Gasteiger partial charge in [-0.25, -0.2) is 4.79 Å². The fourth-order valence-electron chi connectivity index (χ4n) is 1.75. The monoisotopic (exact) mass is 271 g/mol. The first kappa shape index (κ1) is 11.7. The van der Waals surface area contributed by atoms with E-state index in [0.717, 1.165) is 15.8 Å². The van der Waals surface area contributed by atoms with Crippen molar-refractivity contribution in [2.24, 2.45) is 0 Å². The van der Waals surface area contributed by atoms with E-state index >= 15 is 0 Å². The molecule has 0 spiro atoms. The Labute approximate surface area is 111 Å². The maximum Gasteiger partial charge on any atom is 0.325 e. The average molecular weight is 271 g/mol. The van der Waals surface area contributed by atoms with Crippen LogP contribution in [-0.4, -0.2) is 15.0 Å². The summed E-state index contributed by atoms with van der Waals surface area (Å²) in [4.78, 5) is 32.9. The molecule has 0 atom stereocenters. The molecule has 0 fully saturated rings. The molecule has 1 aromatic carbocycles. The van der Waals surface area contributed by atoms with Crippen LogP contribution in [0.25, 0.3) is 10.9 Å². The third-order valence-electron chi connectivity index (χ3n) is 2.60. The molecule has 2 N–H and O–H groups in total. The molecule has 5 nitrogen and oxygen atoms in total. The number of nitrogens with one attached hydrogen (secondary N) is 2. The van der Waals surface area contributed by atoms with Gasteiger partial charge in [0.05, 0.1) is 10.4 Å². The number of nitrogens with zero attached hydrogens (tertiary/aromatic N) is 1. The third-order valence-corrected chi connectivity index (χ3v) is 3.67. The number of H-pyrrole nitrogens is 2. The van der Waals surface area contributed by atoms with Crippen LogP contribution in [-0.2, 0) is 0 Å². The number of aromatic amines is 2. The minimum absolute atomic E-state index is 0.401. The van der Waals surface area contributed by atoms with Crippen molar-refractivity contribution < 1.29 is 0 Å². The normalized spacial score (nSPS) is 10.7. The SMILES string of the molecule is O=c1[nH]cc(Sc2cccc3cccnc23)c(=O)[nH]1. The average Bonchev–Trinajstić information content (AvgIpc) is 2.42. The van der Waals surface area contributed by atoms with Gasteiger partial charge in [-0.05, 0) is 12.1 Å². The zero-order chi connectivity index (χ0) is 13.2. The van der Waals surface area contributed by atoms with E-state index in [9.17, 15) is 9.59 Å². The number of para-hydroxylation sites is 1. The highest BCUT2D eigenvalue weighted by Gasteiger charge is 2.07. The zero-order valence-electron chi connectivity index (χ0n) is 9.71. The van der Waals surface area contributed by atoms with E-state index in [2.05, 4.69) is 15.0 Å². The van der Waals surface area contributed by atoms with E-state index in [4.69, 9.17) is 0 Å². The maximum atomic E-state index is 11.7. The molecule has 6 heteroatoms. The predicted molar refractivity (Wildman–Crippen MR) is 73.5 cm³/mol. The maximum absolute atomic E-state index is 11.7. The lowest BCUT2D eigenvalue weighted by atomic mass is 10.2. The highest BCUT2D eigenvalue weighted by Crippen LogP contribution is 2.29. The van der Waals surface area contributed by atoms with Gasteiger partial charge in [-0.1, -0.05) is 30.0 Å². The highest BCUT2D eigenvalue weighted by atomic mass is 32.2. The molecule has 2 heterocycles. The number of pyridine rings is 1. The minimum Gasteiger partial charge on any atom is -0.313 e. The van der Waals surface area contributed by atoms with Crippen LogP contribution in [0, 0.1) is 0 Å². The predicted octanol–water partition coefficient (Wildman–Crippen LogP) is 1.76. The molecule has 2 aromatic heterocycles. The van der Waals surface area contributed by atoms with Crippen molar-refractivity contribution >= 4 is 22.7 Å². The van der Waals surface area contributed by atoms with Gasteiger partial charge in [0.25, 0.3) is 5.56 Å². The summed E-state index contributed by atoms with van der Waals surface area (Å²) in [6.07, 6.45) is 3.12. The molecule has 0 aliphatic rings. The van der Waals surface area contributed by atoms with Gasteiger partial charge in [0.15, 0.2) is 0 Å². The summed E-state index contributed by atoms with van der Waals surface area (Å²) in [6, 6.07) is 9.59. The van der Waals surface area contributed by atoms with Gasteiger partial charge >= 0.3 is 5.69 Å². The van der Waals surface area contributed by atoms with Crippen molar-refractivity contribution in [3.05, 3.63) is 63.6 Å². The van der Waals surface area contributed by atoms with Crippen molar-refractivity contribution in [3.8, 4) is 0 Å². The zero-order valence-corrected chi connectivity index (χ0v) is 10.5. The summed E-state index contributed by atoms with van der Waals surface area (Å²) in [5, 5.41) is 1.01. The summed E-state index contributed by atoms with van der Waals surface area (Å²) < 4.78 is 0. The fourth-order valence-corrected chi connectivity index (χ4v) is 2.66. The van der Waals surface area contributed by atoms with Gasteiger partial charge in [-0.3, -0.25) is 14.8 Å².